The van der Waals surface area contributed by atoms with Gasteiger partial charge >= 0.3 is 5.97 Å². The van der Waals surface area contributed by atoms with Crippen LogP contribution in [-0.2, 0) is 11.3 Å². The number of ether oxygens (including phenoxy) is 1. The summed E-state index contributed by atoms with van der Waals surface area (Å²) in [5.41, 5.74) is 0. The van der Waals surface area contributed by atoms with Crippen molar-refractivity contribution in [3.05, 3.63) is 21.9 Å². The minimum Gasteiger partial charge on any atom is -0.465 e. The van der Waals surface area contributed by atoms with E-state index in [1.165, 1.54) is 24.9 Å². The van der Waals surface area contributed by atoms with E-state index in [9.17, 15) is 9.90 Å². The zero-order valence-electron chi connectivity index (χ0n) is 12.2. The lowest BCUT2D eigenvalue weighted by molar-refractivity contribution is 0.0503. The van der Waals surface area contributed by atoms with E-state index in [4.69, 9.17) is 4.74 Å². The van der Waals surface area contributed by atoms with E-state index in [0.29, 0.717) is 10.8 Å². The van der Waals surface area contributed by atoms with Crippen LogP contribution in [0.5, 0.6) is 0 Å². The number of carbonyl (C=O) groups is 1. The second-order valence-corrected chi connectivity index (χ2v) is 6.73. The molecule has 0 spiro atoms. The van der Waals surface area contributed by atoms with Crippen LogP contribution < -0.4 is 0 Å². The van der Waals surface area contributed by atoms with Gasteiger partial charge in [0.1, 0.15) is 4.88 Å². The highest BCUT2D eigenvalue weighted by atomic mass is 32.1. The molecule has 1 aromatic heterocycles. The monoisotopic (exact) mass is 297 g/mol. The first kappa shape index (κ1) is 15.5. The van der Waals surface area contributed by atoms with Gasteiger partial charge in [-0.05, 0) is 37.9 Å². The van der Waals surface area contributed by atoms with Crippen molar-refractivity contribution in [2.45, 2.75) is 38.3 Å². The minimum absolute atomic E-state index is 0.153. The van der Waals surface area contributed by atoms with E-state index in [-0.39, 0.29) is 12.1 Å². The Morgan fingerprint density at radius 2 is 2.20 bits per heavy atom. The first-order valence-electron chi connectivity index (χ1n) is 7.13. The highest BCUT2D eigenvalue weighted by Crippen LogP contribution is 2.26. The fourth-order valence-electron chi connectivity index (χ4n) is 2.81. The molecule has 2 unspecified atom stereocenters. The molecule has 2 atom stereocenters. The lowest BCUT2D eigenvalue weighted by atomic mass is 9.86. The first-order chi connectivity index (χ1) is 9.60. The molecule has 5 heteroatoms. The molecule has 20 heavy (non-hydrogen) atoms. The molecular formula is C15H23NO3S. The first-order valence-corrected chi connectivity index (χ1v) is 7.95. The highest BCUT2D eigenvalue weighted by Gasteiger charge is 2.24. The lowest BCUT2D eigenvalue weighted by Gasteiger charge is -2.31. The minimum atomic E-state index is -0.272. The number of esters is 1. The molecule has 1 aliphatic rings. The lowest BCUT2D eigenvalue weighted by Crippen LogP contribution is -2.34. The quantitative estimate of drug-likeness (QED) is 0.849. The number of hydrogen-bond acceptors (Lipinski definition) is 5. The summed E-state index contributed by atoms with van der Waals surface area (Å²) in [5, 5.41) is 10.0. The molecule has 4 nitrogen and oxygen atoms in total. The maximum absolute atomic E-state index is 11.4. The molecule has 1 N–H and O–H groups in total. The van der Waals surface area contributed by atoms with Gasteiger partial charge in [-0.1, -0.05) is 12.8 Å². The average molecular weight is 297 g/mol. The van der Waals surface area contributed by atoms with E-state index in [1.54, 1.807) is 0 Å². The van der Waals surface area contributed by atoms with Crippen LogP contribution in [0.15, 0.2) is 12.1 Å². The van der Waals surface area contributed by atoms with Gasteiger partial charge in [0.05, 0.1) is 13.2 Å². The molecular weight excluding hydrogens is 274 g/mol. The van der Waals surface area contributed by atoms with Crippen molar-refractivity contribution in [1.29, 1.82) is 0 Å². The Morgan fingerprint density at radius 3 is 2.90 bits per heavy atom. The summed E-state index contributed by atoms with van der Waals surface area (Å²) in [6, 6.07) is 3.79. The van der Waals surface area contributed by atoms with Gasteiger partial charge in [0, 0.05) is 18.0 Å². The summed E-state index contributed by atoms with van der Waals surface area (Å²) in [5.74, 6) is 0.111. The van der Waals surface area contributed by atoms with Gasteiger partial charge in [-0.3, -0.25) is 0 Å². The molecule has 0 radical (unpaired) electrons. The normalized spacial score (nSPS) is 23.0. The summed E-state index contributed by atoms with van der Waals surface area (Å²) >= 11 is 1.48. The molecule has 0 amide bonds. The summed E-state index contributed by atoms with van der Waals surface area (Å²) in [7, 11) is 3.47. The third kappa shape index (κ3) is 4.04. The molecule has 112 valence electrons. The number of aliphatic hydroxyl groups excluding tert-OH is 1. The van der Waals surface area contributed by atoms with Crippen LogP contribution in [0.3, 0.4) is 0 Å². The molecule has 2 rings (SSSR count). The van der Waals surface area contributed by atoms with E-state index >= 15 is 0 Å². The van der Waals surface area contributed by atoms with Crippen molar-refractivity contribution in [3.63, 3.8) is 0 Å². The highest BCUT2D eigenvalue weighted by molar-refractivity contribution is 7.13. The van der Waals surface area contributed by atoms with Crippen molar-refractivity contribution < 1.29 is 14.6 Å². The maximum atomic E-state index is 11.4. The Morgan fingerprint density at radius 1 is 1.45 bits per heavy atom. The second kappa shape index (κ2) is 7.20. The van der Waals surface area contributed by atoms with E-state index in [2.05, 4.69) is 11.9 Å². The smallest absolute Gasteiger partial charge is 0.348 e. The Kier molecular flexibility index (Phi) is 5.57. The molecule has 1 aromatic rings. The van der Waals surface area contributed by atoms with E-state index in [0.717, 1.165) is 37.2 Å². The number of rotatable bonds is 5. The topological polar surface area (TPSA) is 49.8 Å². The molecule has 1 saturated carbocycles. The summed E-state index contributed by atoms with van der Waals surface area (Å²) in [6.45, 7) is 1.72. The predicted molar refractivity (Wildman–Crippen MR) is 80.0 cm³/mol. The largest absolute Gasteiger partial charge is 0.465 e. The molecule has 0 bridgehead atoms. The zero-order chi connectivity index (χ0) is 14.5. The van der Waals surface area contributed by atoms with Crippen LogP contribution in [0.4, 0.5) is 0 Å². The SMILES string of the molecule is COC(=O)c1ccc(CN(C)CC2CCCCC2O)s1. The molecule has 0 aliphatic heterocycles. The second-order valence-electron chi connectivity index (χ2n) is 5.57. The Balaban J connectivity index is 1.86. The van der Waals surface area contributed by atoms with Gasteiger partial charge in [-0.15, -0.1) is 11.3 Å². The number of nitrogens with zero attached hydrogens (tertiary/aromatic N) is 1. The number of hydrogen-bond donors (Lipinski definition) is 1. The Labute approximate surface area is 124 Å². The van der Waals surface area contributed by atoms with Gasteiger partial charge in [0.2, 0.25) is 0 Å². The van der Waals surface area contributed by atoms with Gasteiger partial charge < -0.3 is 14.7 Å². The summed E-state index contributed by atoms with van der Waals surface area (Å²) < 4.78 is 4.71. The van der Waals surface area contributed by atoms with Crippen molar-refractivity contribution in [2.75, 3.05) is 20.7 Å². The van der Waals surface area contributed by atoms with Crippen molar-refractivity contribution in [2.24, 2.45) is 5.92 Å². The third-order valence-electron chi connectivity index (χ3n) is 3.89. The van der Waals surface area contributed by atoms with Crippen LogP contribution in [-0.4, -0.2) is 42.8 Å². The number of carbonyl (C=O) groups excluding carboxylic acids is 1. The fourth-order valence-corrected chi connectivity index (χ4v) is 3.81. The Hall–Kier alpha value is -0.910. The average Bonchev–Trinajstić information content (AvgIpc) is 2.89. The van der Waals surface area contributed by atoms with Crippen LogP contribution in [0.2, 0.25) is 0 Å². The van der Waals surface area contributed by atoms with Crippen molar-refractivity contribution in [1.82, 2.24) is 4.90 Å². The van der Waals surface area contributed by atoms with Gasteiger partial charge in [0.25, 0.3) is 0 Å². The van der Waals surface area contributed by atoms with Crippen LogP contribution in [0, 0.1) is 5.92 Å². The summed E-state index contributed by atoms with van der Waals surface area (Å²) in [4.78, 5) is 15.4. The van der Waals surface area contributed by atoms with Crippen molar-refractivity contribution in [3.8, 4) is 0 Å². The molecule has 1 fully saturated rings. The molecule has 1 aliphatic carbocycles. The van der Waals surface area contributed by atoms with Crippen molar-refractivity contribution >= 4 is 17.3 Å². The fraction of sp³-hybridized carbons (Fsp3) is 0.667. The van der Waals surface area contributed by atoms with Crippen LogP contribution in [0.1, 0.15) is 40.2 Å². The van der Waals surface area contributed by atoms with E-state index in [1.807, 2.05) is 12.1 Å². The molecule has 0 aromatic carbocycles. The zero-order valence-corrected chi connectivity index (χ0v) is 13.0. The molecule has 1 heterocycles. The predicted octanol–water partition coefficient (Wildman–Crippen LogP) is 2.52. The van der Waals surface area contributed by atoms with E-state index < -0.39 is 0 Å². The van der Waals surface area contributed by atoms with Crippen LogP contribution in [0.25, 0.3) is 0 Å². The number of aliphatic hydroxyl groups is 1. The van der Waals surface area contributed by atoms with Gasteiger partial charge in [0.15, 0.2) is 0 Å². The number of thiophene rings is 1. The van der Waals surface area contributed by atoms with Gasteiger partial charge in [-0.25, -0.2) is 4.79 Å². The summed E-state index contributed by atoms with van der Waals surface area (Å²) in [6.07, 6.45) is 4.27. The Bertz CT molecular complexity index is 446. The standard InChI is InChI=1S/C15H23NO3S/c1-16(9-11-5-3-4-6-13(11)17)10-12-7-8-14(20-12)15(18)19-2/h7-8,11,13,17H,3-6,9-10H2,1-2H3. The third-order valence-corrected chi connectivity index (χ3v) is 4.94. The maximum Gasteiger partial charge on any atom is 0.348 e. The number of methoxy groups -OCH3 is 1. The van der Waals surface area contributed by atoms with Crippen LogP contribution >= 0.6 is 11.3 Å². The molecule has 0 saturated heterocycles. The van der Waals surface area contributed by atoms with Gasteiger partial charge in [-0.2, -0.15) is 0 Å².